The van der Waals surface area contributed by atoms with E-state index in [1.165, 1.54) is 33.1 Å². The van der Waals surface area contributed by atoms with Gasteiger partial charge >= 0.3 is 0 Å². The second kappa shape index (κ2) is 6.05. The molecule has 2 aromatic rings. The van der Waals surface area contributed by atoms with Gasteiger partial charge in [0.25, 0.3) is 0 Å². The molecule has 0 atom stereocenters. The molecule has 0 radical (unpaired) electrons. The van der Waals surface area contributed by atoms with E-state index in [1.54, 1.807) is 7.11 Å². The molecule has 1 aliphatic carbocycles. The van der Waals surface area contributed by atoms with Crippen LogP contribution in [0.25, 0.3) is 16.3 Å². The first-order chi connectivity index (χ1) is 11.6. The zero-order chi connectivity index (χ0) is 18.4. The van der Waals surface area contributed by atoms with Gasteiger partial charge in [0.15, 0.2) is 0 Å². The van der Waals surface area contributed by atoms with Gasteiger partial charge in [-0.15, -0.1) is 0 Å². The van der Waals surface area contributed by atoms with E-state index >= 15 is 0 Å². The minimum Gasteiger partial charge on any atom is -0.496 e. The van der Waals surface area contributed by atoms with E-state index in [1.807, 2.05) is 0 Å². The van der Waals surface area contributed by atoms with Crippen molar-refractivity contribution < 1.29 is 4.74 Å². The zero-order valence-corrected chi connectivity index (χ0v) is 16.7. The Morgan fingerprint density at radius 1 is 0.800 bits per heavy atom. The fraction of sp³-hybridized carbons (Fsp3) is 0.417. The molecule has 0 unspecified atom stereocenters. The van der Waals surface area contributed by atoms with Crippen molar-refractivity contribution in [3.05, 3.63) is 59.2 Å². The molecule has 1 heteroatoms. The van der Waals surface area contributed by atoms with Crippen LogP contribution in [0.1, 0.15) is 53.5 Å². The summed E-state index contributed by atoms with van der Waals surface area (Å²) in [4.78, 5) is 0. The van der Waals surface area contributed by atoms with Gasteiger partial charge in [-0.3, -0.25) is 0 Å². The van der Waals surface area contributed by atoms with Crippen LogP contribution < -0.4 is 4.74 Å². The van der Waals surface area contributed by atoms with Crippen LogP contribution in [0.15, 0.2) is 53.6 Å². The van der Waals surface area contributed by atoms with Gasteiger partial charge in [0.2, 0.25) is 0 Å². The number of ether oxygens (including phenoxy) is 1. The molecular formula is C24H30O. The average molecular weight is 335 g/mol. The molecule has 2 aromatic carbocycles. The lowest BCUT2D eigenvalue weighted by Crippen LogP contribution is -2.09. The van der Waals surface area contributed by atoms with Crippen molar-refractivity contribution in [2.45, 2.75) is 48.0 Å². The Hall–Kier alpha value is -2.02. The van der Waals surface area contributed by atoms with Gasteiger partial charge < -0.3 is 4.74 Å². The largest absolute Gasteiger partial charge is 0.496 e. The number of methoxy groups -OCH3 is 1. The molecule has 0 aromatic heterocycles. The first-order valence-electron chi connectivity index (χ1n) is 9.13. The van der Waals surface area contributed by atoms with Crippen LogP contribution >= 0.6 is 0 Å². The highest BCUT2D eigenvalue weighted by atomic mass is 16.5. The lowest BCUT2D eigenvalue weighted by atomic mass is 9.82. The summed E-state index contributed by atoms with van der Waals surface area (Å²) in [6.07, 6.45) is 3.49. The van der Waals surface area contributed by atoms with Gasteiger partial charge in [-0.1, -0.05) is 83.5 Å². The summed E-state index contributed by atoms with van der Waals surface area (Å²) >= 11 is 0. The van der Waals surface area contributed by atoms with E-state index in [-0.39, 0.29) is 10.8 Å². The predicted octanol–water partition coefficient (Wildman–Crippen LogP) is 7.02. The number of fused-ring (bicyclic) bond motifs is 1. The molecule has 0 saturated heterocycles. The van der Waals surface area contributed by atoms with Crippen LogP contribution in [0.3, 0.4) is 0 Å². The molecule has 0 aliphatic heterocycles. The summed E-state index contributed by atoms with van der Waals surface area (Å²) < 4.78 is 5.59. The molecule has 0 fully saturated rings. The van der Waals surface area contributed by atoms with Crippen LogP contribution in [0.2, 0.25) is 0 Å². The van der Waals surface area contributed by atoms with Crippen molar-refractivity contribution in [3.8, 4) is 5.75 Å². The number of benzene rings is 2. The van der Waals surface area contributed by atoms with Crippen LogP contribution in [-0.2, 0) is 0 Å². The molecule has 1 aliphatic rings. The Morgan fingerprint density at radius 2 is 1.44 bits per heavy atom. The smallest absolute Gasteiger partial charge is 0.126 e. The highest BCUT2D eigenvalue weighted by Crippen LogP contribution is 2.48. The van der Waals surface area contributed by atoms with E-state index in [2.05, 4.69) is 84.0 Å². The summed E-state index contributed by atoms with van der Waals surface area (Å²) in [5, 5.41) is 2.47. The standard InChI is InChI=1S/C24H30O/c1-23(2,3)16-14-20(21(15-16)24(4,5)6)18-12-13-22(25-7)19-11-9-8-10-17(18)19/h8-13,15H,14H2,1-7H3. The molecule has 1 nitrogen and oxygen atoms in total. The summed E-state index contributed by atoms with van der Waals surface area (Å²) in [7, 11) is 1.75. The lowest BCUT2D eigenvalue weighted by molar-refractivity contribution is 0.420. The summed E-state index contributed by atoms with van der Waals surface area (Å²) in [5.74, 6) is 0.944. The number of hydrogen-bond acceptors (Lipinski definition) is 1. The highest BCUT2D eigenvalue weighted by molar-refractivity contribution is 5.99. The van der Waals surface area contributed by atoms with Crippen molar-refractivity contribution in [3.63, 3.8) is 0 Å². The number of hydrogen-bond donors (Lipinski definition) is 0. The highest BCUT2D eigenvalue weighted by Gasteiger charge is 2.31. The quantitative estimate of drug-likeness (QED) is 0.573. The van der Waals surface area contributed by atoms with Gasteiger partial charge in [0.1, 0.15) is 5.75 Å². The monoisotopic (exact) mass is 334 g/mol. The molecule has 0 amide bonds. The molecule has 0 bridgehead atoms. The molecule has 0 spiro atoms. The second-order valence-corrected chi connectivity index (χ2v) is 9.10. The average Bonchev–Trinajstić information content (AvgIpc) is 2.99. The maximum atomic E-state index is 5.59. The van der Waals surface area contributed by atoms with Crippen molar-refractivity contribution in [2.75, 3.05) is 7.11 Å². The Morgan fingerprint density at radius 3 is 2.00 bits per heavy atom. The van der Waals surface area contributed by atoms with Gasteiger partial charge in [-0.05, 0) is 45.4 Å². The minimum atomic E-state index is 0.128. The Labute approximate surface area is 152 Å². The third-order valence-electron chi connectivity index (χ3n) is 5.21. The van der Waals surface area contributed by atoms with Crippen LogP contribution in [0.5, 0.6) is 5.75 Å². The predicted molar refractivity (Wildman–Crippen MR) is 109 cm³/mol. The van der Waals surface area contributed by atoms with E-state index in [4.69, 9.17) is 4.74 Å². The maximum absolute atomic E-state index is 5.59. The van der Waals surface area contributed by atoms with E-state index in [9.17, 15) is 0 Å². The molecular weight excluding hydrogens is 304 g/mol. The minimum absolute atomic E-state index is 0.128. The van der Waals surface area contributed by atoms with Gasteiger partial charge in [0, 0.05) is 5.39 Å². The number of rotatable bonds is 2. The molecule has 0 N–H and O–H groups in total. The van der Waals surface area contributed by atoms with Crippen LogP contribution in [0, 0.1) is 10.8 Å². The summed E-state index contributed by atoms with van der Waals surface area (Å²) in [5.41, 5.74) is 6.12. The Kier molecular flexibility index (Phi) is 4.31. The molecule has 0 heterocycles. The fourth-order valence-corrected chi connectivity index (χ4v) is 3.70. The Balaban J connectivity index is 2.24. The second-order valence-electron chi connectivity index (χ2n) is 9.10. The topological polar surface area (TPSA) is 9.23 Å². The molecule has 25 heavy (non-hydrogen) atoms. The fourth-order valence-electron chi connectivity index (χ4n) is 3.70. The van der Waals surface area contributed by atoms with Gasteiger partial charge in [0.05, 0.1) is 7.11 Å². The Bertz CT molecular complexity index is 867. The maximum Gasteiger partial charge on any atom is 0.126 e. The first kappa shape index (κ1) is 17.8. The molecule has 3 rings (SSSR count). The molecule has 0 saturated carbocycles. The van der Waals surface area contributed by atoms with E-state index in [0.717, 1.165) is 12.2 Å². The van der Waals surface area contributed by atoms with E-state index in [0.29, 0.717) is 0 Å². The van der Waals surface area contributed by atoms with Crippen LogP contribution in [-0.4, -0.2) is 7.11 Å². The summed E-state index contributed by atoms with van der Waals surface area (Å²) in [6, 6.07) is 12.9. The van der Waals surface area contributed by atoms with E-state index < -0.39 is 0 Å². The SMILES string of the molecule is COc1ccc(C2=C(C(C)(C)C)C=C(C(C)(C)C)C2)c2ccccc12. The first-order valence-corrected chi connectivity index (χ1v) is 9.13. The van der Waals surface area contributed by atoms with Gasteiger partial charge in [-0.25, -0.2) is 0 Å². The lowest BCUT2D eigenvalue weighted by Gasteiger charge is -2.23. The molecule has 132 valence electrons. The van der Waals surface area contributed by atoms with Crippen LogP contribution in [0.4, 0.5) is 0 Å². The van der Waals surface area contributed by atoms with Crippen molar-refractivity contribution in [1.82, 2.24) is 0 Å². The third-order valence-corrected chi connectivity index (χ3v) is 5.21. The van der Waals surface area contributed by atoms with Crippen molar-refractivity contribution in [2.24, 2.45) is 10.8 Å². The summed E-state index contributed by atoms with van der Waals surface area (Å²) in [6.45, 7) is 13.9. The number of allylic oxidation sites excluding steroid dienone is 4. The van der Waals surface area contributed by atoms with Crippen molar-refractivity contribution >= 4 is 16.3 Å². The van der Waals surface area contributed by atoms with Crippen molar-refractivity contribution in [1.29, 1.82) is 0 Å². The van der Waals surface area contributed by atoms with Gasteiger partial charge in [-0.2, -0.15) is 0 Å². The zero-order valence-electron chi connectivity index (χ0n) is 16.7. The third kappa shape index (κ3) is 3.25. The normalized spacial score (nSPS) is 15.7.